The Bertz CT molecular complexity index is 369. The lowest BCUT2D eigenvalue weighted by Crippen LogP contribution is -2.19. The third-order valence-corrected chi connectivity index (χ3v) is 2.35. The molecule has 0 unspecified atom stereocenters. The quantitative estimate of drug-likeness (QED) is 0.801. The van der Waals surface area contributed by atoms with E-state index < -0.39 is 0 Å². The van der Waals surface area contributed by atoms with Crippen molar-refractivity contribution >= 4 is 11.5 Å². The molecule has 0 spiro atoms. The Morgan fingerprint density at radius 1 is 1.40 bits per heavy atom. The Labute approximate surface area is 91.0 Å². The number of nitrogens with one attached hydrogen (secondary N) is 1. The predicted molar refractivity (Wildman–Crippen MR) is 63.3 cm³/mol. The summed E-state index contributed by atoms with van der Waals surface area (Å²) in [6.07, 6.45) is 0.928. The van der Waals surface area contributed by atoms with Crippen molar-refractivity contribution in [3.8, 4) is 0 Å². The fourth-order valence-electron chi connectivity index (χ4n) is 1.43. The van der Waals surface area contributed by atoms with Crippen molar-refractivity contribution in [2.24, 2.45) is 0 Å². The van der Waals surface area contributed by atoms with Crippen LogP contribution in [-0.2, 0) is 11.3 Å². The van der Waals surface area contributed by atoms with E-state index in [1.165, 1.54) is 6.92 Å². The molecule has 0 aliphatic rings. The van der Waals surface area contributed by atoms with Crippen LogP contribution in [-0.4, -0.2) is 5.91 Å². The van der Waals surface area contributed by atoms with E-state index in [0.717, 1.165) is 23.1 Å². The van der Waals surface area contributed by atoms with Crippen LogP contribution in [0.5, 0.6) is 0 Å². The van der Waals surface area contributed by atoms with Crippen molar-refractivity contribution in [1.29, 1.82) is 0 Å². The van der Waals surface area contributed by atoms with Crippen LogP contribution in [0.2, 0.25) is 0 Å². The van der Waals surface area contributed by atoms with Gasteiger partial charge in [-0.25, -0.2) is 0 Å². The molecule has 80 valence electrons. The number of hydrogen-bond donors (Lipinski definition) is 1. The molecule has 0 aromatic heterocycles. The van der Waals surface area contributed by atoms with Crippen LogP contribution in [0.3, 0.4) is 0 Å². The zero-order valence-corrected chi connectivity index (χ0v) is 9.34. The first-order valence-corrected chi connectivity index (χ1v) is 5.15. The second-order valence-electron chi connectivity index (χ2n) is 3.52. The maximum Gasteiger partial charge on any atom is 0.217 e. The summed E-state index contributed by atoms with van der Waals surface area (Å²) in [6, 6.07) is 8.03. The molecular weight excluding hydrogens is 186 g/mol. The Morgan fingerprint density at radius 2 is 2.07 bits per heavy atom. The monoisotopic (exact) mass is 203 g/mol. The molecule has 1 amide bonds. The molecule has 0 saturated carbocycles. The Balaban J connectivity index is 2.86. The van der Waals surface area contributed by atoms with E-state index in [-0.39, 0.29) is 5.91 Å². The van der Waals surface area contributed by atoms with Gasteiger partial charge in [-0.3, -0.25) is 4.79 Å². The van der Waals surface area contributed by atoms with Crippen LogP contribution >= 0.6 is 0 Å². The van der Waals surface area contributed by atoms with Crippen molar-refractivity contribution < 1.29 is 4.79 Å². The van der Waals surface area contributed by atoms with Gasteiger partial charge in [0.2, 0.25) is 5.91 Å². The minimum atomic E-state index is -0.00749. The van der Waals surface area contributed by atoms with Crippen LogP contribution in [0, 0.1) is 0 Å². The van der Waals surface area contributed by atoms with Crippen molar-refractivity contribution in [2.45, 2.75) is 26.8 Å². The molecule has 2 heteroatoms. The van der Waals surface area contributed by atoms with Crippen molar-refractivity contribution in [3.63, 3.8) is 0 Å². The lowest BCUT2D eigenvalue weighted by Gasteiger charge is -2.10. The second kappa shape index (κ2) is 5.35. The smallest absolute Gasteiger partial charge is 0.217 e. The van der Waals surface area contributed by atoms with Crippen LogP contribution < -0.4 is 5.32 Å². The number of hydrogen-bond acceptors (Lipinski definition) is 1. The number of allylic oxidation sites excluding steroid dienone is 1. The van der Waals surface area contributed by atoms with Gasteiger partial charge in [-0.15, -0.1) is 0 Å². The van der Waals surface area contributed by atoms with Gasteiger partial charge in [-0.05, 0) is 23.1 Å². The lowest BCUT2D eigenvalue weighted by atomic mass is 9.99. The summed E-state index contributed by atoms with van der Waals surface area (Å²) < 4.78 is 0. The van der Waals surface area contributed by atoms with Gasteiger partial charge in [0.1, 0.15) is 0 Å². The molecule has 0 saturated heterocycles. The summed E-state index contributed by atoms with van der Waals surface area (Å²) in [6.45, 7) is 8.20. The van der Waals surface area contributed by atoms with Crippen molar-refractivity contribution in [1.82, 2.24) is 5.32 Å². The first-order valence-electron chi connectivity index (χ1n) is 5.15. The van der Waals surface area contributed by atoms with Crippen molar-refractivity contribution in [2.75, 3.05) is 0 Å². The van der Waals surface area contributed by atoms with Gasteiger partial charge in [0.25, 0.3) is 0 Å². The highest BCUT2D eigenvalue weighted by molar-refractivity contribution is 5.73. The van der Waals surface area contributed by atoms with Gasteiger partial charge < -0.3 is 5.32 Å². The molecular formula is C13H17NO. The van der Waals surface area contributed by atoms with Crippen molar-refractivity contribution in [3.05, 3.63) is 42.0 Å². The first-order chi connectivity index (χ1) is 7.15. The molecule has 2 nitrogen and oxygen atoms in total. The zero-order chi connectivity index (χ0) is 11.3. The molecule has 15 heavy (non-hydrogen) atoms. The Hall–Kier alpha value is -1.57. The van der Waals surface area contributed by atoms with E-state index in [4.69, 9.17) is 0 Å². The second-order valence-corrected chi connectivity index (χ2v) is 3.52. The first kappa shape index (κ1) is 11.5. The van der Waals surface area contributed by atoms with E-state index in [0.29, 0.717) is 6.54 Å². The maximum absolute atomic E-state index is 10.8. The molecule has 1 aromatic rings. The largest absolute Gasteiger partial charge is 0.352 e. The van der Waals surface area contributed by atoms with Gasteiger partial charge in [0, 0.05) is 13.5 Å². The topological polar surface area (TPSA) is 29.1 Å². The van der Waals surface area contributed by atoms with Crippen LogP contribution in [0.4, 0.5) is 0 Å². The molecule has 1 rings (SSSR count). The lowest BCUT2D eigenvalue weighted by molar-refractivity contribution is -0.119. The number of carbonyl (C=O) groups is 1. The fraction of sp³-hybridized carbons (Fsp3) is 0.308. The van der Waals surface area contributed by atoms with Crippen LogP contribution in [0.1, 0.15) is 31.4 Å². The molecule has 0 fully saturated rings. The molecule has 0 aliphatic heterocycles. The summed E-state index contributed by atoms with van der Waals surface area (Å²) >= 11 is 0. The Kier molecular flexibility index (Phi) is 4.10. The zero-order valence-electron chi connectivity index (χ0n) is 9.34. The Morgan fingerprint density at radius 3 is 2.67 bits per heavy atom. The molecule has 0 radical (unpaired) electrons. The summed E-state index contributed by atoms with van der Waals surface area (Å²) in [5.41, 5.74) is 3.38. The summed E-state index contributed by atoms with van der Waals surface area (Å²) in [4.78, 5) is 10.8. The molecule has 0 aliphatic carbocycles. The van der Waals surface area contributed by atoms with Gasteiger partial charge in [0.15, 0.2) is 0 Å². The predicted octanol–water partition coefficient (Wildman–Crippen LogP) is 2.75. The van der Waals surface area contributed by atoms with Gasteiger partial charge in [-0.1, -0.05) is 37.8 Å². The summed E-state index contributed by atoms with van der Waals surface area (Å²) in [7, 11) is 0. The third kappa shape index (κ3) is 3.24. The van der Waals surface area contributed by atoms with Crippen LogP contribution in [0.25, 0.3) is 5.57 Å². The highest BCUT2D eigenvalue weighted by atomic mass is 16.1. The number of amides is 1. The van der Waals surface area contributed by atoms with Crippen LogP contribution in [0.15, 0.2) is 30.8 Å². The van der Waals surface area contributed by atoms with Gasteiger partial charge in [0.05, 0.1) is 0 Å². The normalized spacial score (nSPS) is 9.73. The molecule has 0 heterocycles. The number of rotatable bonds is 4. The molecule has 1 N–H and O–H groups in total. The molecule has 0 bridgehead atoms. The number of carbonyl (C=O) groups excluding carboxylic acids is 1. The van der Waals surface area contributed by atoms with E-state index in [9.17, 15) is 4.79 Å². The van der Waals surface area contributed by atoms with Gasteiger partial charge in [-0.2, -0.15) is 0 Å². The minimum Gasteiger partial charge on any atom is -0.352 e. The van der Waals surface area contributed by atoms with E-state index >= 15 is 0 Å². The number of benzene rings is 1. The third-order valence-electron chi connectivity index (χ3n) is 2.35. The van der Waals surface area contributed by atoms with E-state index in [1.54, 1.807) is 0 Å². The SMILES string of the molecule is C=C(CC)c1ccccc1CNC(C)=O. The minimum absolute atomic E-state index is 0.00749. The average Bonchev–Trinajstić information content (AvgIpc) is 2.25. The molecule has 0 atom stereocenters. The van der Waals surface area contributed by atoms with E-state index in [1.807, 2.05) is 24.3 Å². The average molecular weight is 203 g/mol. The fourth-order valence-corrected chi connectivity index (χ4v) is 1.43. The van der Waals surface area contributed by atoms with E-state index in [2.05, 4.69) is 18.8 Å². The highest BCUT2D eigenvalue weighted by Crippen LogP contribution is 2.19. The summed E-state index contributed by atoms with van der Waals surface area (Å²) in [5, 5.41) is 2.80. The summed E-state index contributed by atoms with van der Waals surface area (Å²) in [5.74, 6) is -0.00749. The van der Waals surface area contributed by atoms with Gasteiger partial charge >= 0.3 is 0 Å². The maximum atomic E-state index is 10.8. The highest BCUT2D eigenvalue weighted by Gasteiger charge is 2.03. The standard InChI is InChI=1S/C13H17NO/c1-4-10(2)13-8-6-5-7-12(13)9-14-11(3)15/h5-8H,2,4,9H2,1,3H3,(H,14,15). The molecule has 1 aromatic carbocycles.